The molecule has 0 saturated carbocycles. The summed E-state index contributed by atoms with van der Waals surface area (Å²) in [6.45, 7) is 3.06. The Labute approximate surface area is 122 Å². The third kappa shape index (κ3) is 3.13. The number of ether oxygens (including phenoxy) is 2. The van der Waals surface area contributed by atoms with Gasteiger partial charge in [0.05, 0.1) is 6.42 Å². The van der Waals surface area contributed by atoms with Gasteiger partial charge in [-0.15, -0.1) is 0 Å². The molecule has 5 nitrogen and oxygen atoms in total. The Kier molecular flexibility index (Phi) is 3.73. The van der Waals surface area contributed by atoms with E-state index in [4.69, 9.17) is 9.47 Å². The van der Waals surface area contributed by atoms with Crippen molar-refractivity contribution in [2.75, 3.05) is 18.5 Å². The number of nitrogens with zero attached hydrogens (tertiary/aromatic N) is 1. The van der Waals surface area contributed by atoms with Gasteiger partial charge in [-0.05, 0) is 42.3 Å². The lowest BCUT2D eigenvalue weighted by molar-refractivity contribution is -0.115. The predicted molar refractivity (Wildman–Crippen MR) is 78.7 cm³/mol. The first kappa shape index (κ1) is 13.4. The number of aromatic nitrogens is 1. The van der Waals surface area contributed by atoms with Crippen LogP contribution >= 0.6 is 0 Å². The van der Waals surface area contributed by atoms with Crippen LogP contribution in [0.3, 0.4) is 0 Å². The maximum absolute atomic E-state index is 12.1. The van der Waals surface area contributed by atoms with Crippen molar-refractivity contribution in [1.29, 1.82) is 0 Å². The topological polar surface area (TPSA) is 60.5 Å². The van der Waals surface area contributed by atoms with Gasteiger partial charge in [0, 0.05) is 6.20 Å². The molecule has 0 spiro atoms. The summed E-state index contributed by atoms with van der Waals surface area (Å²) in [5.74, 6) is 1.89. The van der Waals surface area contributed by atoms with E-state index >= 15 is 0 Å². The van der Waals surface area contributed by atoms with Crippen molar-refractivity contribution >= 4 is 11.7 Å². The fourth-order valence-corrected chi connectivity index (χ4v) is 2.22. The van der Waals surface area contributed by atoms with Gasteiger partial charge in [0.1, 0.15) is 19.0 Å². The number of anilines is 1. The summed E-state index contributed by atoms with van der Waals surface area (Å²) >= 11 is 0. The zero-order valence-corrected chi connectivity index (χ0v) is 11.8. The number of aryl methyl sites for hydroxylation is 1. The number of fused-ring (bicyclic) bond motifs is 1. The summed E-state index contributed by atoms with van der Waals surface area (Å²) in [6.07, 6.45) is 1.92. The number of benzene rings is 1. The number of carbonyl (C=O) groups is 1. The van der Waals surface area contributed by atoms with Crippen LogP contribution in [0.4, 0.5) is 5.82 Å². The molecule has 2 aromatic rings. The number of pyridine rings is 1. The van der Waals surface area contributed by atoms with Gasteiger partial charge in [-0.1, -0.05) is 6.07 Å². The molecule has 1 amide bonds. The number of hydrogen-bond donors (Lipinski definition) is 1. The Morgan fingerprint density at radius 1 is 1.24 bits per heavy atom. The molecule has 0 unspecified atom stereocenters. The monoisotopic (exact) mass is 284 g/mol. The van der Waals surface area contributed by atoms with Crippen LogP contribution in [0, 0.1) is 6.92 Å². The minimum Gasteiger partial charge on any atom is -0.486 e. The summed E-state index contributed by atoms with van der Waals surface area (Å²) in [5.41, 5.74) is 1.93. The molecular weight excluding hydrogens is 268 g/mol. The Balaban J connectivity index is 1.74. The fraction of sp³-hybridized carbons (Fsp3) is 0.250. The quantitative estimate of drug-likeness (QED) is 0.939. The number of nitrogens with one attached hydrogen (secondary N) is 1. The van der Waals surface area contributed by atoms with E-state index in [-0.39, 0.29) is 12.3 Å². The number of hydrogen-bond acceptors (Lipinski definition) is 4. The zero-order valence-electron chi connectivity index (χ0n) is 11.8. The molecule has 0 saturated heterocycles. The molecular formula is C16H16N2O3. The first-order valence-electron chi connectivity index (χ1n) is 6.82. The Morgan fingerprint density at radius 3 is 2.71 bits per heavy atom. The highest BCUT2D eigenvalue weighted by Gasteiger charge is 2.15. The lowest BCUT2D eigenvalue weighted by Gasteiger charge is -2.20. The van der Waals surface area contributed by atoms with E-state index in [0.717, 1.165) is 16.9 Å². The van der Waals surface area contributed by atoms with Crippen molar-refractivity contribution in [2.45, 2.75) is 13.3 Å². The highest BCUT2D eigenvalue weighted by Crippen LogP contribution is 2.33. The van der Waals surface area contributed by atoms with E-state index in [0.29, 0.717) is 24.8 Å². The van der Waals surface area contributed by atoms with Gasteiger partial charge in [-0.3, -0.25) is 4.79 Å². The predicted octanol–water partition coefficient (Wildman–Crippen LogP) is 2.34. The average Bonchev–Trinajstić information content (AvgIpc) is 2.49. The zero-order chi connectivity index (χ0) is 14.7. The highest BCUT2D eigenvalue weighted by atomic mass is 16.6. The van der Waals surface area contributed by atoms with Crippen LogP contribution in [-0.2, 0) is 11.2 Å². The molecule has 3 rings (SSSR count). The van der Waals surface area contributed by atoms with E-state index in [1.807, 2.05) is 25.1 Å². The molecule has 5 heteroatoms. The molecule has 1 aromatic heterocycles. The normalized spacial score (nSPS) is 12.8. The molecule has 1 N–H and O–H groups in total. The molecule has 0 bridgehead atoms. The minimum atomic E-state index is -0.103. The van der Waals surface area contributed by atoms with Gasteiger partial charge in [-0.2, -0.15) is 0 Å². The van der Waals surface area contributed by atoms with Crippen molar-refractivity contribution in [3.05, 3.63) is 47.7 Å². The Morgan fingerprint density at radius 2 is 2.00 bits per heavy atom. The smallest absolute Gasteiger partial charge is 0.229 e. The molecule has 0 aliphatic carbocycles. The van der Waals surface area contributed by atoms with Crippen molar-refractivity contribution in [1.82, 2.24) is 4.98 Å². The average molecular weight is 284 g/mol. The second-order valence-electron chi connectivity index (χ2n) is 4.86. The molecule has 1 aliphatic heterocycles. The van der Waals surface area contributed by atoms with Crippen LogP contribution < -0.4 is 14.8 Å². The molecule has 1 aromatic carbocycles. The van der Waals surface area contributed by atoms with Gasteiger partial charge in [0.2, 0.25) is 5.91 Å². The van der Waals surface area contributed by atoms with Gasteiger partial charge in [-0.25, -0.2) is 4.98 Å². The standard InChI is InChI=1S/C16H16N2O3/c1-11-8-13-14(21-7-6-20-13)9-12(11)10-16(19)18-15-4-2-3-5-17-15/h2-5,8-9H,6-7,10H2,1H3,(H,17,18,19). The second kappa shape index (κ2) is 5.83. The minimum absolute atomic E-state index is 0.103. The number of amides is 1. The van der Waals surface area contributed by atoms with Gasteiger partial charge < -0.3 is 14.8 Å². The first-order chi connectivity index (χ1) is 10.2. The van der Waals surface area contributed by atoms with Crippen LogP contribution in [0.2, 0.25) is 0 Å². The van der Waals surface area contributed by atoms with Crippen LogP contribution in [0.25, 0.3) is 0 Å². The lowest BCUT2D eigenvalue weighted by Crippen LogP contribution is -2.18. The molecule has 0 atom stereocenters. The Hall–Kier alpha value is -2.56. The summed E-state index contributed by atoms with van der Waals surface area (Å²) in [4.78, 5) is 16.2. The summed E-state index contributed by atoms with van der Waals surface area (Å²) in [6, 6.07) is 9.19. The van der Waals surface area contributed by atoms with Crippen LogP contribution in [0.1, 0.15) is 11.1 Å². The summed E-state index contributed by atoms with van der Waals surface area (Å²) < 4.78 is 11.1. The molecule has 21 heavy (non-hydrogen) atoms. The molecule has 108 valence electrons. The van der Waals surface area contributed by atoms with E-state index in [1.54, 1.807) is 18.3 Å². The van der Waals surface area contributed by atoms with Gasteiger partial charge in [0.15, 0.2) is 11.5 Å². The maximum Gasteiger partial charge on any atom is 0.229 e. The molecule has 2 heterocycles. The van der Waals surface area contributed by atoms with Crippen LogP contribution in [-0.4, -0.2) is 24.1 Å². The van der Waals surface area contributed by atoms with E-state index < -0.39 is 0 Å². The molecule has 0 radical (unpaired) electrons. The number of rotatable bonds is 3. The third-order valence-electron chi connectivity index (χ3n) is 3.28. The van der Waals surface area contributed by atoms with E-state index in [2.05, 4.69) is 10.3 Å². The van der Waals surface area contributed by atoms with Crippen LogP contribution in [0.15, 0.2) is 36.5 Å². The van der Waals surface area contributed by atoms with Crippen molar-refractivity contribution < 1.29 is 14.3 Å². The Bertz CT molecular complexity index is 656. The van der Waals surface area contributed by atoms with E-state index in [9.17, 15) is 4.79 Å². The lowest BCUT2D eigenvalue weighted by atomic mass is 10.0. The number of carbonyl (C=O) groups excluding carboxylic acids is 1. The fourth-order valence-electron chi connectivity index (χ4n) is 2.22. The van der Waals surface area contributed by atoms with Gasteiger partial charge >= 0.3 is 0 Å². The highest BCUT2D eigenvalue weighted by molar-refractivity contribution is 5.91. The van der Waals surface area contributed by atoms with Crippen molar-refractivity contribution in [3.63, 3.8) is 0 Å². The summed E-state index contributed by atoms with van der Waals surface area (Å²) in [7, 11) is 0. The SMILES string of the molecule is Cc1cc2c(cc1CC(=O)Nc1ccccn1)OCCO2. The van der Waals surface area contributed by atoms with Crippen LogP contribution in [0.5, 0.6) is 11.5 Å². The maximum atomic E-state index is 12.1. The van der Waals surface area contributed by atoms with Crippen molar-refractivity contribution in [3.8, 4) is 11.5 Å². The molecule has 1 aliphatic rings. The largest absolute Gasteiger partial charge is 0.486 e. The first-order valence-corrected chi connectivity index (χ1v) is 6.82. The van der Waals surface area contributed by atoms with E-state index in [1.165, 1.54) is 0 Å². The second-order valence-corrected chi connectivity index (χ2v) is 4.86. The van der Waals surface area contributed by atoms with Gasteiger partial charge in [0.25, 0.3) is 0 Å². The van der Waals surface area contributed by atoms with Crippen molar-refractivity contribution in [2.24, 2.45) is 0 Å². The third-order valence-corrected chi connectivity index (χ3v) is 3.28. The summed E-state index contributed by atoms with van der Waals surface area (Å²) in [5, 5.41) is 2.78. The molecule has 0 fully saturated rings.